The van der Waals surface area contributed by atoms with E-state index in [4.69, 9.17) is 16.3 Å². The quantitative estimate of drug-likeness (QED) is 0.729. The van der Waals surface area contributed by atoms with Crippen LogP contribution in [-0.4, -0.2) is 37.7 Å². The summed E-state index contributed by atoms with van der Waals surface area (Å²) >= 11 is 5.84. The van der Waals surface area contributed by atoms with Gasteiger partial charge in [-0.3, -0.25) is 4.79 Å². The summed E-state index contributed by atoms with van der Waals surface area (Å²) in [6.07, 6.45) is 2.39. The highest BCUT2D eigenvalue weighted by atomic mass is 35.5. The van der Waals surface area contributed by atoms with Crippen molar-refractivity contribution < 1.29 is 9.53 Å². The van der Waals surface area contributed by atoms with Crippen molar-refractivity contribution >= 4 is 23.2 Å². The number of nitrogens with zero attached hydrogens (tertiary/aromatic N) is 1. The fourth-order valence-corrected chi connectivity index (χ4v) is 2.12. The molecule has 5 nitrogen and oxygen atoms in total. The number of hydrogen-bond donors (Lipinski definition) is 2. The van der Waals surface area contributed by atoms with E-state index in [1.807, 2.05) is 30.3 Å². The number of ether oxygens (including phenoxy) is 1. The predicted octanol–water partition coefficient (Wildman–Crippen LogP) is 2.77. The molecule has 0 spiro atoms. The lowest BCUT2D eigenvalue weighted by molar-refractivity contribution is 0.0949. The van der Waals surface area contributed by atoms with Crippen LogP contribution < -0.4 is 10.6 Å². The number of halogens is 1. The largest absolute Gasteiger partial charge is 0.383 e. The summed E-state index contributed by atoms with van der Waals surface area (Å²) in [5.74, 6) is -0.178. The van der Waals surface area contributed by atoms with Crippen LogP contribution in [0.3, 0.4) is 0 Å². The zero-order valence-electron chi connectivity index (χ0n) is 13.0. The maximum atomic E-state index is 12.0. The second kappa shape index (κ2) is 9.12. The number of hydrogen-bond acceptors (Lipinski definition) is 4. The highest BCUT2D eigenvalue weighted by Crippen LogP contribution is 2.10. The van der Waals surface area contributed by atoms with Gasteiger partial charge in [0.15, 0.2) is 0 Å². The number of rotatable bonds is 8. The van der Waals surface area contributed by atoms with E-state index in [9.17, 15) is 4.79 Å². The van der Waals surface area contributed by atoms with Crippen LogP contribution in [0.1, 0.15) is 16.1 Å². The molecule has 0 unspecified atom stereocenters. The van der Waals surface area contributed by atoms with Crippen molar-refractivity contribution in [1.29, 1.82) is 0 Å². The molecule has 0 bridgehead atoms. The molecule has 0 aliphatic heterocycles. The SMILES string of the molecule is COCCNc1ccc(C(=O)NCCc2ccc(Cl)cc2)nc1. The Hall–Kier alpha value is -2.11. The minimum atomic E-state index is -0.178. The Balaban J connectivity index is 1.77. The molecule has 0 atom stereocenters. The molecule has 0 saturated carbocycles. The summed E-state index contributed by atoms with van der Waals surface area (Å²) in [5.41, 5.74) is 2.39. The van der Waals surface area contributed by atoms with Crippen molar-refractivity contribution in [3.8, 4) is 0 Å². The van der Waals surface area contributed by atoms with Crippen molar-refractivity contribution in [1.82, 2.24) is 10.3 Å². The first-order valence-corrected chi connectivity index (χ1v) is 7.78. The van der Waals surface area contributed by atoms with Gasteiger partial charge in [0.2, 0.25) is 0 Å². The number of benzene rings is 1. The maximum Gasteiger partial charge on any atom is 0.269 e. The van der Waals surface area contributed by atoms with Gasteiger partial charge in [-0.1, -0.05) is 23.7 Å². The van der Waals surface area contributed by atoms with E-state index in [0.29, 0.717) is 30.4 Å². The first kappa shape index (κ1) is 17.2. The minimum Gasteiger partial charge on any atom is -0.383 e. The zero-order valence-corrected chi connectivity index (χ0v) is 13.8. The summed E-state index contributed by atoms with van der Waals surface area (Å²) in [6, 6.07) is 11.1. The molecule has 2 N–H and O–H groups in total. The number of anilines is 1. The summed E-state index contributed by atoms with van der Waals surface area (Å²) in [7, 11) is 1.65. The van der Waals surface area contributed by atoms with Crippen LogP contribution in [0.25, 0.3) is 0 Å². The first-order valence-electron chi connectivity index (χ1n) is 7.40. The van der Waals surface area contributed by atoms with Crippen molar-refractivity contribution in [2.75, 3.05) is 32.1 Å². The van der Waals surface area contributed by atoms with E-state index >= 15 is 0 Å². The van der Waals surface area contributed by atoms with Gasteiger partial charge in [-0.05, 0) is 36.2 Å². The average Bonchev–Trinajstić information content (AvgIpc) is 2.57. The molecule has 1 amide bonds. The second-order valence-electron chi connectivity index (χ2n) is 4.98. The summed E-state index contributed by atoms with van der Waals surface area (Å²) in [6.45, 7) is 1.87. The van der Waals surface area contributed by atoms with Gasteiger partial charge in [0.05, 0.1) is 18.5 Å². The second-order valence-corrected chi connectivity index (χ2v) is 5.42. The molecule has 0 aliphatic carbocycles. The summed E-state index contributed by atoms with van der Waals surface area (Å²) in [5, 5.41) is 6.72. The molecule has 0 saturated heterocycles. The number of amides is 1. The summed E-state index contributed by atoms with van der Waals surface area (Å²) in [4.78, 5) is 16.2. The third-order valence-corrected chi connectivity index (χ3v) is 3.50. The normalized spacial score (nSPS) is 10.3. The van der Waals surface area contributed by atoms with E-state index in [-0.39, 0.29) is 5.91 Å². The lowest BCUT2D eigenvalue weighted by atomic mass is 10.1. The molecule has 0 aliphatic rings. The lowest BCUT2D eigenvalue weighted by Gasteiger charge is -2.07. The van der Waals surface area contributed by atoms with Crippen LogP contribution in [0.5, 0.6) is 0 Å². The molecule has 0 radical (unpaired) electrons. The molecule has 6 heteroatoms. The van der Waals surface area contributed by atoms with Crippen LogP contribution in [-0.2, 0) is 11.2 Å². The van der Waals surface area contributed by atoms with Crippen LogP contribution in [0.2, 0.25) is 5.02 Å². The number of nitrogens with one attached hydrogen (secondary N) is 2. The van der Waals surface area contributed by atoms with Gasteiger partial charge < -0.3 is 15.4 Å². The maximum absolute atomic E-state index is 12.0. The molecular weight excluding hydrogens is 314 g/mol. The molecular formula is C17H20ClN3O2. The van der Waals surface area contributed by atoms with Gasteiger partial charge in [0, 0.05) is 25.2 Å². The molecule has 2 aromatic rings. The monoisotopic (exact) mass is 333 g/mol. The van der Waals surface area contributed by atoms with Crippen molar-refractivity contribution in [2.45, 2.75) is 6.42 Å². The predicted molar refractivity (Wildman–Crippen MR) is 92.1 cm³/mol. The third kappa shape index (κ3) is 5.88. The van der Waals surface area contributed by atoms with Gasteiger partial charge in [-0.2, -0.15) is 0 Å². The molecule has 2 rings (SSSR count). The Morgan fingerprint density at radius 1 is 1.17 bits per heavy atom. The molecule has 122 valence electrons. The highest BCUT2D eigenvalue weighted by Gasteiger charge is 2.06. The Labute approximate surface area is 141 Å². The van der Waals surface area contributed by atoms with Crippen LogP contribution in [0, 0.1) is 0 Å². The number of carbonyl (C=O) groups excluding carboxylic acids is 1. The van der Waals surface area contributed by atoms with Gasteiger partial charge >= 0.3 is 0 Å². The molecule has 0 fully saturated rings. The van der Waals surface area contributed by atoms with Gasteiger partial charge in [-0.25, -0.2) is 4.98 Å². The first-order chi connectivity index (χ1) is 11.2. The van der Waals surface area contributed by atoms with E-state index in [0.717, 1.165) is 17.7 Å². The zero-order chi connectivity index (χ0) is 16.5. The van der Waals surface area contributed by atoms with E-state index < -0.39 is 0 Å². The molecule has 1 aromatic heterocycles. The van der Waals surface area contributed by atoms with E-state index in [2.05, 4.69) is 15.6 Å². The van der Waals surface area contributed by atoms with Crippen LogP contribution in [0.4, 0.5) is 5.69 Å². The lowest BCUT2D eigenvalue weighted by Crippen LogP contribution is -2.26. The number of pyridine rings is 1. The van der Waals surface area contributed by atoms with Gasteiger partial charge in [0.25, 0.3) is 5.91 Å². The average molecular weight is 334 g/mol. The van der Waals surface area contributed by atoms with Crippen molar-refractivity contribution in [3.63, 3.8) is 0 Å². The Morgan fingerprint density at radius 3 is 2.61 bits per heavy atom. The van der Waals surface area contributed by atoms with Gasteiger partial charge in [-0.15, -0.1) is 0 Å². The topological polar surface area (TPSA) is 63.2 Å². The smallest absolute Gasteiger partial charge is 0.269 e. The highest BCUT2D eigenvalue weighted by molar-refractivity contribution is 6.30. The Kier molecular flexibility index (Phi) is 6.84. The molecule has 23 heavy (non-hydrogen) atoms. The Bertz CT molecular complexity index is 615. The van der Waals surface area contributed by atoms with Crippen LogP contribution in [0.15, 0.2) is 42.6 Å². The minimum absolute atomic E-state index is 0.178. The van der Waals surface area contributed by atoms with Gasteiger partial charge in [0.1, 0.15) is 5.69 Å². The van der Waals surface area contributed by atoms with Crippen molar-refractivity contribution in [2.24, 2.45) is 0 Å². The number of carbonyl (C=O) groups is 1. The van der Waals surface area contributed by atoms with E-state index in [1.54, 1.807) is 19.4 Å². The third-order valence-electron chi connectivity index (χ3n) is 3.24. The fourth-order valence-electron chi connectivity index (χ4n) is 1.99. The Morgan fingerprint density at radius 2 is 1.96 bits per heavy atom. The van der Waals surface area contributed by atoms with E-state index in [1.165, 1.54) is 0 Å². The molecule has 1 heterocycles. The van der Waals surface area contributed by atoms with Crippen molar-refractivity contribution in [3.05, 3.63) is 58.9 Å². The number of methoxy groups -OCH3 is 1. The number of aromatic nitrogens is 1. The standard InChI is InChI=1S/C17H20ClN3O2/c1-23-11-10-19-15-6-7-16(21-12-15)17(22)20-9-8-13-2-4-14(18)5-3-13/h2-7,12,19H,8-11H2,1H3,(H,20,22). The van der Waals surface area contributed by atoms with Crippen LogP contribution >= 0.6 is 11.6 Å². The fraction of sp³-hybridized carbons (Fsp3) is 0.294. The molecule has 1 aromatic carbocycles. The summed E-state index contributed by atoms with van der Waals surface area (Å²) < 4.78 is 4.96.